The fourth-order valence-electron chi connectivity index (χ4n) is 3.13. The second-order valence-corrected chi connectivity index (χ2v) is 5.82. The molecule has 5 heteroatoms. The summed E-state index contributed by atoms with van der Waals surface area (Å²) in [6, 6.07) is 0. The lowest BCUT2D eigenvalue weighted by Gasteiger charge is -2.33. The molecular weight excluding hydrogens is 244 g/mol. The average Bonchev–Trinajstić information content (AvgIpc) is 2.74. The van der Waals surface area contributed by atoms with E-state index >= 15 is 0 Å². The van der Waals surface area contributed by atoms with Gasteiger partial charge in [-0.05, 0) is 44.8 Å². The van der Waals surface area contributed by atoms with Gasteiger partial charge in [0.15, 0.2) is 0 Å². The maximum Gasteiger partial charge on any atom is 0.308 e. The second-order valence-electron chi connectivity index (χ2n) is 5.82. The van der Waals surface area contributed by atoms with Crippen LogP contribution < -0.4 is 0 Å². The third-order valence-electron chi connectivity index (χ3n) is 4.29. The Morgan fingerprint density at radius 1 is 1.37 bits per heavy atom. The first kappa shape index (κ1) is 14.3. The van der Waals surface area contributed by atoms with E-state index in [-0.39, 0.29) is 12.3 Å². The van der Waals surface area contributed by atoms with Crippen LogP contribution in [0.1, 0.15) is 32.6 Å². The molecule has 2 fully saturated rings. The van der Waals surface area contributed by atoms with E-state index < -0.39 is 11.9 Å². The molecule has 5 nitrogen and oxygen atoms in total. The van der Waals surface area contributed by atoms with Crippen LogP contribution >= 0.6 is 0 Å². The maximum absolute atomic E-state index is 11.8. The van der Waals surface area contributed by atoms with Crippen molar-refractivity contribution in [3.05, 3.63) is 0 Å². The summed E-state index contributed by atoms with van der Waals surface area (Å²) in [6.45, 7) is 6.75. The van der Waals surface area contributed by atoms with Crippen LogP contribution in [0, 0.1) is 11.8 Å². The Bertz CT molecular complexity index is 338. The van der Waals surface area contributed by atoms with E-state index in [9.17, 15) is 9.59 Å². The Kier molecular flexibility index (Phi) is 4.80. The van der Waals surface area contributed by atoms with Crippen molar-refractivity contribution in [1.82, 2.24) is 9.80 Å². The van der Waals surface area contributed by atoms with Crippen LogP contribution in [0.2, 0.25) is 0 Å². The van der Waals surface area contributed by atoms with Gasteiger partial charge in [0, 0.05) is 19.5 Å². The van der Waals surface area contributed by atoms with Crippen LogP contribution in [0.3, 0.4) is 0 Å². The van der Waals surface area contributed by atoms with Crippen molar-refractivity contribution in [3.8, 4) is 0 Å². The van der Waals surface area contributed by atoms with Gasteiger partial charge in [-0.1, -0.05) is 6.92 Å². The number of carboxylic acid groups (broad SMARTS) is 1. The van der Waals surface area contributed by atoms with E-state index in [0.29, 0.717) is 12.5 Å². The van der Waals surface area contributed by atoms with Crippen molar-refractivity contribution < 1.29 is 14.7 Å². The molecule has 0 bridgehead atoms. The van der Waals surface area contributed by atoms with Gasteiger partial charge in [-0.25, -0.2) is 0 Å². The summed E-state index contributed by atoms with van der Waals surface area (Å²) >= 11 is 0. The van der Waals surface area contributed by atoms with Crippen LogP contribution in [0.4, 0.5) is 0 Å². The Balaban J connectivity index is 1.77. The number of carboxylic acids is 1. The molecule has 1 N–H and O–H groups in total. The molecule has 0 saturated carbocycles. The number of carbonyl (C=O) groups excluding carboxylic acids is 1. The van der Waals surface area contributed by atoms with Gasteiger partial charge in [-0.15, -0.1) is 0 Å². The number of nitrogens with zero attached hydrogens (tertiary/aromatic N) is 2. The van der Waals surface area contributed by atoms with E-state index in [1.165, 1.54) is 6.42 Å². The zero-order valence-corrected chi connectivity index (χ0v) is 11.7. The van der Waals surface area contributed by atoms with Crippen molar-refractivity contribution in [2.24, 2.45) is 11.8 Å². The molecule has 2 heterocycles. The van der Waals surface area contributed by atoms with Crippen molar-refractivity contribution >= 4 is 11.9 Å². The smallest absolute Gasteiger partial charge is 0.308 e. The summed E-state index contributed by atoms with van der Waals surface area (Å²) in [4.78, 5) is 26.9. The monoisotopic (exact) mass is 268 g/mol. The summed E-state index contributed by atoms with van der Waals surface area (Å²) in [5.74, 6) is -0.769. The molecule has 0 aromatic carbocycles. The molecule has 0 aromatic heterocycles. The zero-order valence-electron chi connectivity index (χ0n) is 11.7. The Morgan fingerprint density at radius 2 is 2.05 bits per heavy atom. The van der Waals surface area contributed by atoms with Crippen molar-refractivity contribution in [2.45, 2.75) is 32.6 Å². The molecule has 0 aromatic rings. The molecule has 0 radical (unpaired) electrons. The third kappa shape index (κ3) is 3.69. The predicted octanol–water partition coefficient (Wildman–Crippen LogP) is 1.04. The Morgan fingerprint density at radius 3 is 2.58 bits per heavy atom. The zero-order chi connectivity index (χ0) is 13.8. The first-order chi connectivity index (χ1) is 9.10. The summed E-state index contributed by atoms with van der Waals surface area (Å²) in [5.41, 5.74) is 0. The van der Waals surface area contributed by atoms with E-state index in [4.69, 9.17) is 5.11 Å². The molecule has 2 aliphatic rings. The second kappa shape index (κ2) is 6.37. The van der Waals surface area contributed by atoms with Crippen LogP contribution in [-0.4, -0.2) is 59.5 Å². The van der Waals surface area contributed by atoms with Crippen LogP contribution in [0.15, 0.2) is 0 Å². The van der Waals surface area contributed by atoms with Gasteiger partial charge >= 0.3 is 5.97 Å². The van der Waals surface area contributed by atoms with Crippen LogP contribution in [0.25, 0.3) is 0 Å². The van der Waals surface area contributed by atoms with Crippen molar-refractivity contribution in [2.75, 3.05) is 32.7 Å². The molecule has 0 aliphatic carbocycles. The van der Waals surface area contributed by atoms with E-state index in [2.05, 4.69) is 11.8 Å². The van der Waals surface area contributed by atoms with E-state index in [0.717, 1.165) is 39.0 Å². The number of aliphatic carboxylic acids is 1. The molecule has 2 saturated heterocycles. The largest absolute Gasteiger partial charge is 0.481 e. The number of amides is 1. The standard InChI is InChI=1S/C14H24N2O3/c1-2-5-15-6-3-11(4-7-15)9-16-10-12(14(18)19)8-13(16)17/h11-12H,2-10H2,1H3,(H,18,19). The predicted molar refractivity (Wildman–Crippen MR) is 71.8 cm³/mol. The molecular formula is C14H24N2O3. The van der Waals surface area contributed by atoms with Gasteiger partial charge in [0.25, 0.3) is 0 Å². The van der Waals surface area contributed by atoms with Gasteiger partial charge in [-0.2, -0.15) is 0 Å². The minimum Gasteiger partial charge on any atom is -0.481 e. The van der Waals surface area contributed by atoms with Crippen molar-refractivity contribution in [1.29, 1.82) is 0 Å². The lowest BCUT2D eigenvalue weighted by molar-refractivity contribution is -0.141. The molecule has 1 amide bonds. The highest BCUT2D eigenvalue weighted by Crippen LogP contribution is 2.23. The molecule has 1 atom stereocenters. The third-order valence-corrected chi connectivity index (χ3v) is 4.29. The number of carbonyl (C=O) groups is 2. The Hall–Kier alpha value is -1.10. The highest BCUT2D eigenvalue weighted by atomic mass is 16.4. The first-order valence-corrected chi connectivity index (χ1v) is 7.33. The number of hydrogen-bond acceptors (Lipinski definition) is 3. The van der Waals surface area contributed by atoms with Gasteiger partial charge in [-0.3, -0.25) is 9.59 Å². The summed E-state index contributed by atoms with van der Waals surface area (Å²) in [5, 5.41) is 8.96. The van der Waals surface area contributed by atoms with E-state index in [1.54, 1.807) is 4.90 Å². The van der Waals surface area contributed by atoms with Gasteiger partial charge < -0.3 is 14.9 Å². The quantitative estimate of drug-likeness (QED) is 0.809. The van der Waals surface area contributed by atoms with E-state index in [1.807, 2.05) is 0 Å². The minimum atomic E-state index is -0.839. The van der Waals surface area contributed by atoms with Gasteiger partial charge in [0.2, 0.25) is 5.91 Å². The minimum absolute atomic E-state index is 0.0170. The molecule has 1 unspecified atom stereocenters. The number of hydrogen-bond donors (Lipinski definition) is 1. The average molecular weight is 268 g/mol. The maximum atomic E-state index is 11.8. The van der Waals surface area contributed by atoms with Crippen LogP contribution in [0.5, 0.6) is 0 Å². The first-order valence-electron chi connectivity index (χ1n) is 7.33. The summed E-state index contributed by atoms with van der Waals surface area (Å²) < 4.78 is 0. The molecule has 2 aliphatic heterocycles. The summed E-state index contributed by atoms with van der Waals surface area (Å²) in [7, 11) is 0. The van der Waals surface area contributed by atoms with Gasteiger partial charge in [0.1, 0.15) is 0 Å². The van der Waals surface area contributed by atoms with Crippen molar-refractivity contribution in [3.63, 3.8) is 0 Å². The highest BCUT2D eigenvalue weighted by Gasteiger charge is 2.35. The topological polar surface area (TPSA) is 60.9 Å². The lowest BCUT2D eigenvalue weighted by Crippen LogP contribution is -2.39. The fourth-order valence-corrected chi connectivity index (χ4v) is 3.13. The molecule has 19 heavy (non-hydrogen) atoms. The number of rotatable bonds is 5. The normalized spacial score (nSPS) is 26.1. The molecule has 0 spiro atoms. The summed E-state index contributed by atoms with van der Waals surface area (Å²) in [6.07, 6.45) is 3.63. The molecule has 108 valence electrons. The van der Waals surface area contributed by atoms with Crippen LogP contribution in [-0.2, 0) is 9.59 Å². The number of piperidine rings is 1. The van der Waals surface area contributed by atoms with Gasteiger partial charge in [0.05, 0.1) is 5.92 Å². The number of likely N-dealkylation sites (tertiary alicyclic amines) is 2. The fraction of sp³-hybridized carbons (Fsp3) is 0.857. The molecule has 2 rings (SSSR count). The highest BCUT2D eigenvalue weighted by molar-refractivity contribution is 5.86. The SMILES string of the molecule is CCCN1CCC(CN2CC(C(=O)O)CC2=O)CC1. The lowest BCUT2D eigenvalue weighted by atomic mass is 9.96. The Labute approximate surface area is 114 Å².